The van der Waals surface area contributed by atoms with E-state index in [-0.39, 0.29) is 18.5 Å². The average Bonchev–Trinajstić information content (AvgIpc) is 3.24. The summed E-state index contributed by atoms with van der Waals surface area (Å²) >= 11 is 0. The molecule has 2 aliphatic rings. The Labute approximate surface area is 189 Å². The highest BCUT2D eigenvalue weighted by molar-refractivity contribution is 5.90. The number of hydrogen-bond donors (Lipinski definition) is 1. The smallest absolute Gasteiger partial charge is 0.322 e. The van der Waals surface area contributed by atoms with Gasteiger partial charge in [-0.1, -0.05) is 32.1 Å². The van der Waals surface area contributed by atoms with Gasteiger partial charge in [-0.2, -0.15) is 0 Å². The van der Waals surface area contributed by atoms with Crippen LogP contribution in [-0.4, -0.2) is 53.0 Å². The van der Waals surface area contributed by atoms with Crippen LogP contribution < -0.4 is 5.32 Å². The van der Waals surface area contributed by atoms with E-state index in [1.807, 2.05) is 41.4 Å². The summed E-state index contributed by atoms with van der Waals surface area (Å²) in [5, 5.41) is 2.98. The fourth-order valence-electron chi connectivity index (χ4n) is 3.96. The van der Waals surface area contributed by atoms with E-state index >= 15 is 0 Å². The molecule has 168 valence electrons. The Kier molecular flexibility index (Phi) is 6.85. The van der Waals surface area contributed by atoms with Crippen LogP contribution in [0, 0.1) is 5.92 Å². The molecule has 7 nitrogen and oxygen atoms in total. The van der Waals surface area contributed by atoms with Crippen LogP contribution in [0.1, 0.15) is 37.0 Å². The summed E-state index contributed by atoms with van der Waals surface area (Å²) in [6.07, 6.45) is 6.49. The Morgan fingerprint density at radius 3 is 2.56 bits per heavy atom. The molecule has 0 fully saturated rings. The number of rotatable bonds is 6. The maximum Gasteiger partial charge on any atom is 0.322 e. The van der Waals surface area contributed by atoms with Gasteiger partial charge in [0.25, 0.3) is 0 Å². The number of hydrogen-bond acceptors (Lipinski definition) is 4. The van der Waals surface area contributed by atoms with Crippen molar-refractivity contribution >= 4 is 23.2 Å². The van der Waals surface area contributed by atoms with Crippen LogP contribution in [-0.2, 0) is 22.6 Å². The molecular weight excluding hydrogens is 404 g/mol. The molecule has 0 spiro atoms. The predicted octanol–water partition coefficient (Wildman–Crippen LogP) is 3.92. The maximum absolute atomic E-state index is 12.6. The van der Waals surface area contributed by atoms with E-state index in [1.165, 1.54) is 5.57 Å². The van der Waals surface area contributed by atoms with Gasteiger partial charge in [0.1, 0.15) is 6.61 Å². The van der Waals surface area contributed by atoms with Gasteiger partial charge in [0.2, 0.25) is 5.91 Å². The molecule has 0 saturated carbocycles. The third-order valence-corrected chi connectivity index (χ3v) is 5.76. The lowest BCUT2D eigenvalue weighted by atomic mass is 9.99. The van der Waals surface area contributed by atoms with Crippen LogP contribution in [0.15, 0.2) is 48.8 Å². The molecule has 0 aliphatic carbocycles. The molecule has 3 amide bonds. The van der Waals surface area contributed by atoms with Crippen molar-refractivity contribution in [3.8, 4) is 0 Å². The molecule has 32 heavy (non-hydrogen) atoms. The molecule has 0 atom stereocenters. The zero-order valence-electron chi connectivity index (χ0n) is 18.7. The number of benzene rings is 1. The summed E-state index contributed by atoms with van der Waals surface area (Å²) in [7, 11) is 0. The number of anilines is 1. The number of nitrogens with zero attached hydrogens (tertiary/aromatic N) is 3. The van der Waals surface area contributed by atoms with Crippen molar-refractivity contribution in [2.75, 3.05) is 31.6 Å². The molecule has 7 heteroatoms. The Morgan fingerprint density at radius 1 is 1.09 bits per heavy atom. The topological polar surface area (TPSA) is 74.8 Å². The fraction of sp³-hybridized carbons (Fsp3) is 0.400. The standard InChI is InChI=1S/C25H30N4O3/c1-18(2)16-32-17-24(30)28-11-8-20(9-12-28)19-3-5-23(6-4-19)27-25(31)29-14-21-7-10-26-13-22(21)15-29/h3-8,10,13,18H,9,11-12,14-17H2,1-2H3,(H,27,31). The number of carbonyl (C=O) groups excluding carboxylic acids is 2. The highest BCUT2D eigenvalue weighted by Crippen LogP contribution is 2.25. The third kappa shape index (κ3) is 5.34. The number of urea groups is 1. The van der Waals surface area contributed by atoms with E-state index in [9.17, 15) is 9.59 Å². The minimum absolute atomic E-state index is 0.0406. The first-order valence-corrected chi connectivity index (χ1v) is 11.1. The number of pyridine rings is 1. The van der Waals surface area contributed by atoms with Crippen LogP contribution in [0.25, 0.3) is 5.57 Å². The van der Waals surface area contributed by atoms with Crippen molar-refractivity contribution in [1.29, 1.82) is 0 Å². The number of ether oxygens (including phenoxy) is 1. The zero-order chi connectivity index (χ0) is 22.5. The largest absolute Gasteiger partial charge is 0.371 e. The maximum atomic E-state index is 12.6. The van der Waals surface area contributed by atoms with Gasteiger partial charge < -0.3 is 19.9 Å². The van der Waals surface area contributed by atoms with Gasteiger partial charge in [0.15, 0.2) is 0 Å². The van der Waals surface area contributed by atoms with Gasteiger partial charge in [-0.3, -0.25) is 9.78 Å². The lowest BCUT2D eigenvalue weighted by Crippen LogP contribution is -2.37. The monoisotopic (exact) mass is 434 g/mol. The summed E-state index contributed by atoms with van der Waals surface area (Å²) in [5.74, 6) is 0.464. The minimum Gasteiger partial charge on any atom is -0.371 e. The van der Waals surface area contributed by atoms with Crippen LogP contribution in [0.4, 0.5) is 10.5 Å². The Balaban J connectivity index is 1.28. The predicted molar refractivity (Wildman–Crippen MR) is 124 cm³/mol. The second-order valence-electron chi connectivity index (χ2n) is 8.74. The second-order valence-corrected chi connectivity index (χ2v) is 8.74. The van der Waals surface area contributed by atoms with Crippen LogP contribution in [0.3, 0.4) is 0 Å². The zero-order valence-corrected chi connectivity index (χ0v) is 18.7. The Hall–Kier alpha value is -3.19. The number of aromatic nitrogens is 1. The van der Waals surface area contributed by atoms with Crippen molar-refractivity contribution in [2.24, 2.45) is 5.92 Å². The molecule has 0 unspecified atom stereocenters. The number of carbonyl (C=O) groups is 2. The molecule has 0 bridgehead atoms. The number of nitrogens with one attached hydrogen (secondary N) is 1. The summed E-state index contributed by atoms with van der Waals surface area (Å²) in [5.41, 5.74) is 5.35. The first-order chi connectivity index (χ1) is 15.5. The highest BCUT2D eigenvalue weighted by atomic mass is 16.5. The van der Waals surface area contributed by atoms with Crippen molar-refractivity contribution in [1.82, 2.24) is 14.8 Å². The van der Waals surface area contributed by atoms with E-state index in [0.717, 1.165) is 28.8 Å². The average molecular weight is 435 g/mol. The lowest BCUT2D eigenvalue weighted by Gasteiger charge is -2.27. The van der Waals surface area contributed by atoms with E-state index in [4.69, 9.17) is 4.74 Å². The van der Waals surface area contributed by atoms with Crippen LogP contribution >= 0.6 is 0 Å². The number of amides is 3. The fourth-order valence-corrected chi connectivity index (χ4v) is 3.96. The van der Waals surface area contributed by atoms with E-state index in [0.29, 0.717) is 38.7 Å². The second kappa shape index (κ2) is 9.96. The van der Waals surface area contributed by atoms with Crippen molar-refractivity contribution in [3.05, 3.63) is 65.5 Å². The molecule has 0 saturated heterocycles. The Morgan fingerprint density at radius 2 is 1.88 bits per heavy atom. The van der Waals surface area contributed by atoms with Gasteiger partial charge in [-0.15, -0.1) is 0 Å². The third-order valence-electron chi connectivity index (χ3n) is 5.76. The molecule has 1 aromatic carbocycles. The van der Waals surface area contributed by atoms with Gasteiger partial charge >= 0.3 is 6.03 Å². The van der Waals surface area contributed by atoms with Crippen molar-refractivity contribution in [3.63, 3.8) is 0 Å². The molecule has 2 aliphatic heterocycles. The van der Waals surface area contributed by atoms with Crippen molar-refractivity contribution < 1.29 is 14.3 Å². The van der Waals surface area contributed by atoms with Gasteiger partial charge in [0, 0.05) is 50.9 Å². The van der Waals surface area contributed by atoms with E-state index in [2.05, 4.69) is 30.2 Å². The molecule has 3 heterocycles. The number of fused-ring (bicyclic) bond motifs is 1. The summed E-state index contributed by atoms with van der Waals surface area (Å²) in [4.78, 5) is 32.6. The first-order valence-electron chi connectivity index (χ1n) is 11.1. The van der Waals surface area contributed by atoms with Crippen LogP contribution in [0.5, 0.6) is 0 Å². The molecular formula is C25H30N4O3. The minimum atomic E-state index is -0.111. The molecule has 1 N–H and O–H groups in total. The van der Waals surface area contributed by atoms with E-state index in [1.54, 1.807) is 11.1 Å². The van der Waals surface area contributed by atoms with Crippen molar-refractivity contribution in [2.45, 2.75) is 33.4 Å². The quantitative estimate of drug-likeness (QED) is 0.748. The molecule has 1 aromatic heterocycles. The molecule has 2 aromatic rings. The highest BCUT2D eigenvalue weighted by Gasteiger charge is 2.23. The van der Waals surface area contributed by atoms with Crippen LogP contribution in [0.2, 0.25) is 0 Å². The summed E-state index contributed by atoms with van der Waals surface area (Å²) in [6.45, 7) is 7.37. The summed E-state index contributed by atoms with van der Waals surface area (Å²) in [6, 6.07) is 9.75. The first kappa shape index (κ1) is 22.0. The van der Waals surface area contributed by atoms with Gasteiger partial charge in [-0.05, 0) is 52.8 Å². The summed E-state index contributed by atoms with van der Waals surface area (Å²) < 4.78 is 5.47. The van der Waals surface area contributed by atoms with Gasteiger partial charge in [-0.25, -0.2) is 4.79 Å². The molecule has 0 radical (unpaired) electrons. The van der Waals surface area contributed by atoms with E-state index < -0.39 is 0 Å². The lowest BCUT2D eigenvalue weighted by molar-refractivity contribution is -0.136. The normalized spacial score (nSPS) is 15.5. The SMILES string of the molecule is CC(C)COCC(=O)N1CC=C(c2ccc(NC(=O)N3Cc4ccncc4C3)cc2)CC1. The molecule has 4 rings (SSSR count). The van der Waals surface area contributed by atoms with Gasteiger partial charge in [0.05, 0.1) is 0 Å². The Bertz CT molecular complexity index is 976.